The van der Waals surface area contributed by atoms with E-state index in [4.69, 9.17) is 5.11 Å². The Morgan fingerprint density at radius 3 is 2.70 bits per heavy atom. The lowest BCUT2D eigenvalue weighted by Crippen LogP contribution is -2.47. The first-order valence-electron chi connectivity index (χ1n) is 7.07. The molecule has 0 radical (unpaired) electrons. The average Bonchev–Trinajstić information content (AvgIpc) is 2.77. The van der Waals surface area contributed by atoms with Crippen LogP contribution in [0, 0.1) is 18.8 Å². The molecule has 2 heterocycles. The number of nitrogens with zero attached hydrogens (tertiary/aromatic N) is 1. The highest BCUT2D eigenvalue weighted by atomic mass is 32.1. The molecular formula is C16H21NO2S. The maximum Gasteiger partial charge on any atom is 0.264 e. The molecule has 1 N–H and O–H groups in total. The fourth-order valence-electron chi connectivity index (χ4n) is 2.78. The third-order valence-corrected chi connectivity index (χ3v) is 4.98. The molecule has 0 unspecified atom stereocenters. The number of aliphatic hydroxyl groups is 1. The Bertz CT molecular complexity index is 543. The molecule has 108 valence electrons. The van der Waals surface area contributed by atoms with Gasteiger partial charge in [-0.3, -0.25) is 4.79 Å². The van der Waals surface area contributed by atoms with Crippen molar-refractivity contribution in [2.45, 2.75) is 52.1 Å². The molecule has 0 saturated carbocycles. The fraction of sp³-hybridized carbons (Fsp3) is 0.562. The number of likely N-dealkylation sites (tertiary alicyclic amines) is 1. The van der Waals surface area contributed by atoms with E-state index in [0.29, 0.717) is 12.1 Å². The maximum atomic E-state index is 12.7. The van der Waals surface area contributed by atoms with Gasteiger partial charge in [-0.2, -0.15) is 0 Å². The summed E-state index contributed by atoms with van der Waals surface area (Å²) in [5.41, 5.74) is 1.01. The Balaban J connectivity index is 2.24. The molecule has 1 aliphatic rings. The molecule has 0 spiro atoms. The molecule has 1 aromatic heterocycles. The first-order chi connectivity index (χ1) is 9.54. The molecule has 2 rings (SSSR count). The van der Waals surface area contributed by atoms with E-state index < -0.39 is 0 Å². The second kappa shape index (κ2) is 6.43. The molecule has 1 fully saturated rings. The molecular weight excluding hydrogens is 270 g/mol. The van der Waals surface area contributed by atoms with Gasteiger partial charge in [-0.1, -0.05) is 11.8 Å². The molecule has 0 bridgehead atoms. The monoisotopic (exact) mass is 291 g/mol. The Morgan fingerprint density at radius 2 is 2.10 bits per heavy atom. The van der Waals surface area contributed by atoms with Crippen LogP contribution in [-0.4, -0.2) is 34.6 Å². The summed E-state index contributed by atoms with van der Waals surface area (Å²) in [7, 11) is 0. The summed E-state index contributed by atoms with van der Waals surface area (Å²) in [6, 6.07) is 2.53. The SMILES string of the molecule is Cc1cc(C(=O)N2[C@H](C)CCC[C@@H]2C)sc1C#CCO. The van der Waals surface area contributed by atoms with Crippen LogP contribution in [0.5, 0.6) is 0 Å². The minimum atomic E-state index is -0.152. The number of hydrogen-bond acceptors (Lipinski definition) is 3. The highest BCUT2D eigenvalue weighted by Gasteiger charge is 2.30. The van der Waals surface area contributed by atoms with Gasteiger partial charge in [0, 0.05) is 12.1 Å². The zero-order valence-electron chi connectivity index (χ0n) is 12.3. The van der Waals surface area contributed by atoms with Gasteiger partial charge in [0.2, 0.25) is 0 Å². The number of aryl methyl sites for hydroxylation is 1. The Morgan fingerprint density at radius 1 is 1.45 bits per heavy atom. The van der Waals surface area contributed by atoms with Crippen molar-refractivity contribution in [3.63, 3.8) is 0 Å². The lowest BCUT2D eigenvalue weighted by molar-refractivity contribution is 0.0516. The van der Waals surface area contributed by atoms with Crippen molar-refractivity contribution in [1.29, 1.82) is 0 Å². The minimum Gasteiger partial charge on any atom is -0.384 e. The van der Waals surface area contributed by atoms with E-state index in [9.17, 15) is 4.79 Å². The van der Waals surface area contributed by atoms with Crippen molar-refractivity contribution in [3.05, 3.63) is 21.4 Å². The molecule has 0 aromatic carbocycles. The van der Waals surface area contributed by atoms with E-state index in [1.54, 1.807) is 0 Å². The number of carbonyl (C=O) groups is 1. The number of hydrogen-bond donors (Lipinski definition) is 1. The van der Waals surface area contributed by atoms with Gasteiger partial charge in [0.25, 0.3) is 5.91 Å². The molecule has 1 saturated heterocycles. The van der Waals surface area contributed by atoms with Crippen LogP contribution in [0.25, 0.3) is 0 Å². The highest BCUT2D eigenvalue weighted by molar-refractivity contribution is 7.14. The molecule has 0 aliphatic carbocycles. The third kappa shape index (κ3) is 3.05. The molecule has 2 atom stereocenters. The smallest absolute Gasteiger partial charge is 0.264 e. The number of rotatable bonds is 1. The van der Waals surface area contributed by atoms with E-state index in [-0.39, 0.29) is 12.5 Å². The second-order valence-corrected chi connectivity index (χ2v) is 6.48. The summed E-state index contributed by atoms with van der Waals surface area (Å²) in [6.07, 6.45) is 3.36. The topological polar surface area (TPSA) is 40.5 Å². The number of aliphatic hydroxyl groups excluding tert-OH is 1. The molecule has 1 aliphatic heterocycles. The fourth-order valence-corrected chi connectivity index (χ4v) is 3.77. The van der Waals surface area contributed by atoms with E-state index in [0.717, 1.165) is 28.2 Å². The average molecular weight is 291 g/mol. The molecule has 1 aromatic rings. The number of carbonyl (C=O) groups excluding carboxylic acids is 1. The van der Waals surface area contributed by atoms with Crippen molar-refractivity contribution in [3.8, 4) is 11.8 Å². The summed E-state index contributed by atoms with van der Waals surface area (Å²) < 4.78 is 0. The zero-order chi connectivity index (χ0) is 14.7. The third-order valence-electron chi connectivity index (χ3n) is 3.84. The largest absolute Gasteiger partial charge is 0.384 e. The maximum absolute atomic E-state index is 12.7. The number of thiophene rings is 1. The Hall–Kier alpha value is -1.31. The van der Waals surface area contributed by atoms with Crippen LogP contribution >= 0.6 is 11.3 Å². The molecule has 1 amide bonds. The van der Waals surface area contributed by atoms with Crippen molar-refractivity contribution >= 4 is 17.2 Å². The summed E-state index contributed by atoms with van der Waals surface area (Å²) in [5, 5.41) is 8.76. The van der Waals surface area contributed by atoms with Gasteiger partial charge in [0.15, 0.2) is 0 Å². The van der Waals surface area contributed by atoms with Crippen LogP contribution in [0.1, 0.15) is 53.2 Å². The quantitative estimate of drug-likeness (QED) is 0.808. The number of amides is 1. The standard InChI is InChI=1S/C16H21NO2S/c1-11-10-15(20-14(11)8-5-9-18)16(19)17-12(2)6-4-7-13(17)3/h10,12-13,18H,4,6-7,9H2,1-3H3/t12-,13+. The first kappa shape index (κ1) is 15.1. The van der Waals surface area contributed by atoms with Gasteiger partial charge < -0.3 is 10.0 Å². The van der Waals surface area contributed by atoms with E-state index in [1.165, 1.54) is 17.8 Å². The lowest BCUT2D eigenvalue weighted by atomic mass is 9.97. The molecule has 3 nitrogen and oxygen atoms in total. The highest BCUT2D eigenvalue weighted by Crippen LogP contribution is 2.28. The predicted octanol–water partition coefficient (Wildman–Crippen LogP) is 2.80. The molecule has 4 heteroatoms. The van der Waals surface area contributed by atoms with Crippen LogP contribution in [0.3, 0.4) is 0 Å². The van der Waals surface area contributed by atoms with E-state index in [1.807, 2.05) is 17.9 Å². The van der Waals surface area contributed by atoms with Crippen molar-refractivity contribution in [2.75, 3.05) is 6.61 Å². The van der Waals surface area contributed by atoms with Gasteiger partial charge in [-0.05, 0) is 51.7 Å². The van der Waals surface area contributed by atoms with Crippen LogP contribution in [-0.2, 0) is 0 Å². The van der Waals surface area contributed by atoms with E-state index in [2.05, 4.69) is 25.7 Å². The van der Waals surface area contributed by atoms with Crippen molar-refractivity contribution < 1.29 is 9.90 Å². The zero-order valence-corrected chi connectivity index (χ0v) is 13.1. The van der Waals surface area contributed by atoms with Crippen LogP contribution in [0.15, 0.2) is 6.07 Å². The van der Waals surface area contributed by atoms with Crippen LogP contribution in [0.2, 0.25) is 0 Å². The summed E-state index contributed by atoms with van der Waals surface area (Å²) in [4.78, 5) is 16.3. The van der Waals surface area contributed by atoms with Gasteiger partial charge in [0.05, 0.1) is 9.75 Å². The van der Waals surface area contributed by atoms with Crippen molar-refractivity contribution in [2.24, 2.45) is 0 Å². The van der Waals surface area contributed by atoms with Gasteiger partial charge in [-0.15, -0.1) is 11.3 Å². The van der Waals surface area contributed by atoms with Crippen molar-refractivity contribution in [1.82, 2.24) is 4.90 Å². The second-order valence-electron chi connectivity index (χ2n) is 5.42. The summed E-state index contributed by atoms with van der Waals surface area (Å²) >= 11 is 1.43. The summed E-state index contributed by atoms with van der Waals surface area (Å²) in [5.74, 6) is 5.68. The minimum absolute atomic E-state index is 0.120. The van der Waals surface area contributed by atoms with Gasteiger partial charge >= 0.3 is 0 Å². The first-order valence-corrected chi connectivity index (χ1v) is 7.89. The van der Waals surface area contributed by atoms with Gasteiger partial charge in [-0.25, -0.2) is 0 Å². The number of piperidine rings is 1. The summed E-state index contributed by atoms with van der Waals surface area (Å²) in [6.45, 7) is 6.06. The van der Waals surface area contributed by atoms with Gasteiger partial charge in [0.1, 0.15) is 6.61 Å². The Labute approximate surface area is 124 Å². The van der Waals surface area contributed by atoms with Crippen LogP contribution in [0.4, 0.5) is 0 Å². The predicted molar refractivity (Wildman–Crippen MR) is 82.0 cm³/mol. The molecule has 20 heavy (non-hydrogen) atoms. The van der Waals surface area contributed by atoms with Crippen LogP contribution < -0.4 is 0 Å². The lowest BCUT2D eigenvalue weighted by Gasteiger charge is -2.38. The van der Waals surface area contributed by atoms with E-state index >= 15 is 0 Å². The Kier molecular flexibility index (Phi) is 4.85. The normalized spacial score (nSPS) is 22.3.